The van der Waals surface area contributed by atoms with E-state index in [2.05, 4.69) is 15.4 Å². The summed E-state index contributed by atoms with van der Waals surface area (Å²) in [7, 11) is 0. The quantitative estimate of drug-likeness (QED) is 0.476. The van der Waals surface area contributed by atoms with Gasteiger partial charge in [-0.15, -0.1) is 5.10 Å². The van der Waals surface area contributed by atoms with Crippen LogP contribution in [0.25, 0.3) is 11.4 Å². The number of non-ortho nitro benzene ring substituents is 1. The summed E-state index contributed by atoms with van der Waals surface area (Å²) in [6.07, 6.45) is 1.06. The van der Waals surface area contributed by atoms with Crippen LogP contribution < -0.4 is 5.32 Å². The third-order valence-electron chi connectivity index (χ3n) is 5.85. The van der Waals surface area contributed by atoms with Crippen molar-refractivity contribution in [3.05, 3.63) is 81.3 Å². The van der Waals surface area contributed by atoms with E-state index in [1.165, 1.54) is 24.3 Å². The highest BCUT2D eigenvalue weighted by Gasteiger charge is 2.42. The van der Waals surface area contributed by atoms with Gasteiger partial charge in [-0.2, -0.15) is 4.98 Å². The van der Waals surface area contributed by atoms with E-state index in [0.717, 1.165) is 5.70 Å². The predicted octanol–water partition coefficient (Wildman–Crippen LogP) is 4.65. The lowest BCUT2D eigenvalue weighted by molar-refractivity contribution is -0.384. The Balaban J connectivity index is 1.66. The number of nitro benzene ring substituents is 1. The van der Waals surface area contributed by atoms with Crippen LogP contribution in [0.5, 0.6) is 0 Å². The molecule has 0 saturated carbocycles. The molecule has 1 aromatic heterocycles. The Morgan fingerprint density at radius 2 is 1.81 bits per heavy atom. The van der Waals surface area contributed by atoms with Crippen LogP contribution in [0.4, 0.5) is 16.0 Å². The standard InChI is InChI=1S/C23H20FN5O3/c1-23(2)11-17-19(18(30)12-23)20(13-5-9-16(10-6-13)29(31)32)28-22(25-17)26-21(27-28)14-3-7-15(24)8-4-14/h3-10,20H,11-12H2,1-2H3,(H,25,26,27). The Hall–Kier alpha value is -3.88. The summed E-state index contributed by atoms with van der Waals surface area (Å²) in [6.45, 7) is 4.08. The molecule has 5 rings (SSSR count). The summed E-state index contributed by atoms with van der Waals surface area (Å²) >= 11 is 0. The molecule has 0 amide bonds. The first kappa shape index (κ1) is 20.0. The van der Waals surface area contributed by atoms with Crippen molar-refractivity contribution in [2.24, 2.45) is 5.41 Å². The first-order valence-electron chi connectivity index (χ1n) is 10.2. The normalized spacial score (nSPS) is 19.2. The number of nitrogens with one attached hydrogen (secondary N) is 1. The van der Waals surface area contributed by atoms with Crippen molar-refractivity contribution in [3.63, 3.8) is 0 Å². The fraction of sp³-hybridized carbons (Fsp3) is 0.261. The predicted molar refractivity (Wildman–Crippen MR) is 115 cm³/mol. The molecule has 0 saturated heterocycles. The van der Waals surface area contributed by atoms with Gasteiger partial charge in [0.15, 0.2) is 11.6 Å². The fourth-order valence-electron chi connectivity index (χ4n) is 4.42. The number of benzene rings is 2. The number of hydrogen-bond donors (Lipinski definition) is 1. The number of nitro groups is 1. The number of carbonyl (C=O) groups is 1. The minimum atomic E-state index is -0.563. The van der Waals surface area contributed by atoms with E-state index >= 15 is 0 Å². The first-order chi connectivity index (χ1) is 15.2. The molecule has 0 bridgehead atoms. The van der Waals surface area contributed by atoms with Crippen molar-refractivity contribution >= 4 is 17.4 Å². The number of allylic oxidation sites excluding steroid dienone is 2. The molecule has 0 fully saturated rings. The van der Waals surface area contributed by atoms with Crippen LogP contribution in [0.3, 0.4) is 0 Å². The van der Waals surface area contributed by atoms with Gasteiger partial charge in [-0.3, -0.25) is 14.9 Å². The van der Waals surface area contributed by atoms with Gasteiger partial charge in [0.2, 0.25) is 5.95 Å². The van der Waals surface area contributed by atoms with Gasteiger partial charge < -0.3 is 5.32 Å². The molecule has 1 unspecified atom stereocenters. The number of anilines is 1. The second kappa shape index (κ2) is 7.08. The smallest absolute Gasteiger partial charge is 0.269 e. The molecule has 8 nitrogen and oxygen atoms in total. The van der Waals surface area contributed by atoms with Gasteiger partial charge in [0.05, 0.1) is 4.92 Å². The van der Waals surface area contributed by atoms with Gasteiger partial charge in [0.1, 0.15) is 11.9 Å². The molecular weight excluding hydrogens is 413 g/mol. The lowest BCUT2D eigenvalue weighted by Crippen LogP contribution is -2.36. The molecule has 1 atom stereocenters. The van der Waals surface area contributed by atoms with Crippen LogP contribution in [-0.4, -0.2) is 25.5 Å². The summed E-state index contributed by atoms with van der Waals surface area (Å²) in [5.41, 5.74) is 2.50. The van der Waals surface area contributed by atoms with Gasteiger partial charge in [-0.05, 0) is 53.8 Å². The van der Waals surface area contributed by atoms with Gasteiger partial charge in [0.25, 0.3) is 5.69 Å². The maximum atomic E-state index is 13.4. The van der Waals surface area contributed by atoms with Crippen molar-refractivity contribution in [1.29, 1.82) is 0 Å². The van der Waals surface area contributed by atoms with E-state index in [1.54, 1.807) is 28.9 Å². The number of Topliss-reactive ketones (excluding diaryl/α,β-unsaturated/α-hetero) is 1. The van der Waals surface area contributed by atoms with Crippen molar-refractivity contribution in [3.8, 4) is 11.4 Å². The van der Waals surface area contributed by atoms with E-state index in [4.69, 9.17) is 0 Å². The monoisotopic (exact) mass is 433 g/mol. The number of rotatable bonds is 3. The Bertz CT molecular complexity index is 1280. The van der Waals surface area contributed by atoms with Gasteiger partial charge >= 0.3 is 0 Å². The molecule has 0 radical (unpaired) electrons. The molecular formula is C23H20FN5O3. The minimum absolute atomic E-state index is 0.0107. The minimum Gasteiger partial charge on any atom is -0.328 e. The average Bonchev–Trinajstić information content (AvgIpc) is 3.15. The number of aromatic nitrogens is 3. The zero-order chi connectivity index (χ0) is 22.6. The van der Waals surface area contributed by atoms with Gasteiger partial charge in [-0.25, -0.2) is 9.07 Å². The molecule has 3 aromatic rings. The van der Waals surface area contributed by atoms with Crippen LogP contribution in [0.1, 0.15) is 38.3 Å². The van der Waals surface area contributed by atoms with Crippen LogP contribution in [0.15, 0.2) is 59.8 Å². The van der Waals surface area contributed by atoms with Crippen LogP contribution in [0, 0.1) is 21.3 Å². The summed E-state index contributed by atoms with van der Waals surface area (Å²) in [4.78, 5) is 28.5. The Kier molecular flexibility index (Phi) is 4.44. The molecule has 0 spiro atoms. The number of hydrogen-bond acceptors (Lipinski definition) is 6. The summed E-state index contributed by atoms with van der Waals surface area (Å²) in [5, 5.41) is 19.0. The molecule has 1 aliphatic heterocycles. The zero-order valence-corrected chi connectivity index (χ0v) is 17.5. The molecule has 2 heterocycles. The molecule has 2 aliphatic rings. The maximum Gasteiger partial charge on any atom is 0.269 e. The molecule has 9 heteroatoms. The van der Waals surface area contributed by atoms with Crippen LogP contribution in [-0.2, 0) is 4.79 Å². The van der Waals surface area contributed by atoms with E-state index in [0.29, 0.717) is 41.3 Å². The van der Waals surface area contributed by atoms with E-state index in [9.17, 15) is 19.3 Å². The fourth-order valence-corrected chi connectivity index (χ4v) is 4.42. The number of halogens is 1. The molecule has 162 valence electrons. The van der Waals surface area contributed by atoms with Gasteiger partial charge in [0, 0.05) is 35.4 Å². The number of fused-ring (bicyclic) bond motifs is 1. The first-order valence-corrected chi connectivity index (χ1v) is 10.2. The highest BCUT2D eigenvalue weighted by atomic mass is 19.1. The van der Waals surface area contributed by atoms with Crippen molar-refractivity contribution in [2.75, 3.05) is 5.32 Å². The summed E-state index contributed by atoms with van der Waals surface area (Å²) < 4.78 is 15.0. The number of carbonyl (C=O) groups excluding carboxylic acids is 1. The number of nitrogens with zero attached hydrogens (tertiary/aromatic N) is 4. The SMILES string of the molecule is CC1(C)CC(=O)C2=C(C1)Nc1nc(-c3ccc(F)cc3)nn1C2c1ccc([N+](=O)[O-])cc1. The molecule has 32 heavy (non-hydrogen) atoms. The van der Waals surface area contributed by atoms with Crippen molar-refractivity contribution in [2.45, 2.75) is 32.7 Å². The highest BCUT2D eigenvalue weighted by Crippen LogP contribution is 2.45. The Labute approximate surface area is 182 Å². The topological polar surface area (TPSA) is 103 Å². The van der Waals surface area contributed by atoms with Crippen molar-refractivity contribution < 1.29 is 14.1 Å². The van der Waals surface area contributed by atoms with Crippen molar-refractivity contribution in [1.82, 2.24) is 14.8 Å². The van der Waals surface area contributed by atoms with Crippen LogP contribution in [0.2, 0.25) is 0 Å². The summed E-state index contributed by atoms with van der Waals surface area (Å²) in [5.74, 6) is 0.518. The highest BCUT2D eigenvalue weighted by molar-refractivity contribution is 6.00. The third-order valence-corrected chi connectivity index (χ3v) is 5.85. The summed E-state index contributed by atoms with van der Waals surface area (Å²) in [6, 6.07) is 11.4. The average molecular weight is 433 g/mol. The Morgan fingerprint density at radius 3 is 2.47 bits per heavy atom. The Morgan fingerprint density at radius 1 is 1.12 bits per heavy atom. The molecule has 1 aliphatic carbocycles. The largest absolute Gasteiger partial charge is 0.328 e. The molecule has 2 aromatic carbocycles. The maximum absolute atomic E-state index is 13.4. The van der Waals surface area contributed by atoms with Gasteiger partial charge in [-0.1, -0.05) is 13.8 Å². The van der Waals surface area contributed by atoms with E-state index < -0.39 is 11.0 Å². The van der Waals surface area contributed by atoms with E-state index in [-0.39, 0.29) is 22.7 Å². The second-order valence-corrected chi connectivity index (χ2v) is 8.92. The lowest BCUT2D eigenvalue weighted by Gasteiger charge is -2.38. The zero-order valence-electron chi connectivity index (χ0n) is 17.5. The lowest BCUT2D eigenvalue weighted by atomic mass is 9.73. The second-order valence-electron chi connectivity index (χ2n) is 8.92. The van der Waals surface area contributed by atoms with E-state index in [1.807, 2.05) is 13.8 Å². The molecule has 1 N–H and O–H groups in total. The number of ketones is 1. The van der Waals surface area contributed by atoms with Crippen LogP contribution >= 0.6 is 0 Å². The third kappa shape index (κ3) is 3.35.